The second-order valence-corrected chi connectivity index (χ2v) is 12.2. The van der Waals surface area contributed by atoms with Crippen LogP contribution in [0.25, 0.3) is 22.4 Å². The molecule has 5 rings (SSSR count). The number of nitrogens with one attached hydrogen (secondary N) is 1. The molecule has 2 saturated heterocycles. The third kappa shape index (κ3) is 5.32. The number of pyridine rings is 1. The number of aryl methyl sites for hydroxylation is 1. The van der Waals surface area contributed by atoms with Crippen LogP contribution in [0.15, 0.2) is 22.0 Å². The van der Waals surface area contributed by atoms with Crippen molar-refractivity contribution in [3.8, 4) is 17.3 Å². The summed E-state index contributed by atoms with van der Waals surface area (Å²) in [6, 6.07) is 1.72. The van der Waals surface area contributed by atoms with Crippen LogP contribution < -0.4 is 10.3 Å². The topological polar surface area (TPSA) is 130 Å². The molecule has 0 spiro atoms. The number of nitrogens with zero attached hydrogens (tertiary/aromatic N) is 7. The molecule has 3 aromatic heterocycles. The third-order valence-electron chi connectivity index (χ3n) is 7.61. The Kier molecular flexibility index (Phi) is 8.04. The van der Waals surface area contributed by atoms with Crippen molar-refractivity contribution in [1.29, 1.82) is 0 Å². The lowest BCUT2D eigenvalue weighted by atomic mass is 10.1. The molecule has 212 valence electrons. The maximum absolute atomic E-state index is 13.6. The first kappa shape index (κ1) is 27.7. The van der Waals surface area contributed by atoms with Gasteiger partial charge in [-0.25, -0.2) is 18.4 Å². The van der Waals surface area contributed by atoms with Crippen molar-refractivity contribution in [2.24, 2.45) is 0 Å². The minimum Gasteiger partial charge on any atom is -0.477 e. The SMILES string of the molecule is CCCCOc1ncc(S(=O)(=O)N2CCN(CC)CC2)cc1-c1nc2c(CC)n(C3CN(C)C3)nc2c(=O)[nH]1. The molecule has 0 aromatic carbocycles. The number of sulfonamides is 1. The summed E-state index contributed by atoms with van der Waals surface area (Å²) in [6.07, 6.45) is 3.74. The molecule has 0 saturated carbocycles. The van der Waals surface area contributed by atoms with Crippen molar-refractivity contribution in [3.63, 3.8) is 0 Å². The van der Waals surface area contributed by atoms with E-state index in [1.165, 1.54) is 16.6 Å². The van der Waals surface area contributed by atoms with E-state index in [1.807, 2.05) is 18.7 Å². The maximum Gasteiger partial charge on any atom is 0.279 e. The Morgan fingerprint density at radius 1 is 1.10 bits per heavy atom. The predicted molar refractivity (Wildman–Crippen MR) is 149 cm³/mol. The number of H-pyrrole nitrogens is 1. The zero-order valence-corrected chi connectivity index (χ0v) is 24.0. The van der Waals surface area contributed by atoms with Gasteiger partial charge in [0, 0.05) is 39.3 Å². The molecule has 0 aliphatic carbocycles. The third-order valence-corrected chi connectivity index (χ3v) is 9.48. The normalized spacial score (nSPS) is 18.1. The quantitative estimate of drug-likeness (QED) is 0.370. The number of rotatable bonds is 10. The summed E-state index contributed by atoms with van der Waals surface area (Å²) in [5.74, 6) is 0.464. The fraction of sp³-hybridized carbons (Fsp3) is 0.615. The molecule has 0 unspecified atom stereocenters. The van der Waals surface area contributed by atoms with Crippen LogP contribution in [0.4, 0.5) is 0 Å². The Bertz CT molecular complexity index is 1490. The number of ether oxygens (including phenoxy) is 1. The number of likely N-dealkylation sites (tertiary alicyclic amines) is 1. The maximum atomic E-state index is 13.6. The molecule has 12 nitrogen and oxygen atoms in total. The van der Waals surface area contributed by atoms with E-state index >= 15 is 0 Å². The van der Waals surface area contributed by atoms with Gasteiger partial charge in [-0.2, -0.15) is 9.40 Å². The number of hydrogen-bond donors (Lipinski definition) is 1. The van der Waals surface area contributed by atoms with Crippen molar-refractivity contribution in [2.45, 2.75) is 51.0 Å². The Labute approximate surface area is 229 Å². The van der Waals surface area contributed by atoms with Gasteiger partial charge in [0.1, 0.15) is 16.2 Å². The van der Waals surface area contributed by atoms with Gasteiger partial charge in [0.05, 0.1) is 30.1 Å². The van der Waals surface area contributed by atoms with Crippen molar-refractivity contribution in [2.75, 3.05) is 59.5 Å². The lowest BCUT2D eigenvalue weighted by Crippen LogP contribution is -2.48. The molecule has 39 heavy (non-hydrogen) atoms. The van der Waals surface area contributed by atoms with Crippen LogP contribution in [0.3, 0.4) is 0 Å². The molecule has 2 fully saturated rings. The van der Waals surface area contributed by atoms with Gasteiger partial charge in [-0.05, 0) is 32.5 Å². The van der Waals surface area contributed by atoms with Crippen molar-refractivity contribution in [3.05, 3.63) is 28.3 Å². The molecule has 2 aliphatic heterocycles. The Morgan fingerprint density at radius 2 is 1.85 bits per heavy atom. The number of unbranched alkanes of at least 4 members (excludes halogenated alkanes) is 1. The summed E-state index contributed by atoms with van der Waals surface area (Å²) >= 11 is 0. The fourth-order valence-electron chi connectivity index (χ4n) is 5.22. The van der Waals surface area contributed by atoms with Gasteiger partial charge in [0.25, 0.3) is 5.56 Å². The number of fused-ring (bicyclic) bond motifs is 1. The largest absolute Gasteiger partial charge is 0.477 e. The highest BCUT2D eigenvalue weighted by molar-refractivity contribution is 7.89. The summed E-state index contributed by atoms with van der Waals surface area (Å²) in [7, 11) is -1.74. The highest BCUT2D eigenvalue weighted by Crippen LogP contribution is 2.31. The van der Waals surface area contributed by atoms with Crippen molar-refractivity contribution in [1.82, 2.24) is 38.8 Å². The van der Waals surface area contributed by atoms with Gasteiger partial charge in [0.2, 0.25) is 15.9 Å². The van der Waals surface area contributed by atoms with Gasteiger partial charge in [-0.15, -0.1) is 0 Å². The fourth-order valence-corrected chi connectivity index (χ4v) is 6.62. The summed E-state index contributed by atoms with van der Waals surface area (Å²) in [5, 5.41) is 4.62. The van der Waals surface area contributed by atoms with Crippen LogP contribution >= 0.6 is 0 Å². The Morgan fingerprint density at radius 3 is 2.49 bits per heavy atom. The van der Waals surface area contributed by atoms with Gasteiger partial charge >= 0.3 is 0 Å². The molecule has 3 aromatic rings. The average Bonchev–Trinajstić information content (AvgIpc) is 3.30. The van der Waals surface area contributed by atoms with Gasteiger partial charge in [-0.3, -0.25) is 9.48 Å². The second kappa shape index (κ2) is 11.3. The van der Waals surface area contributed by atoms with Gasteiger partial charge < -0.3 is 19.5 Å². The molecule has 5 heterocycles. The minimum absolute atomic E-state index is 0.0527. The average molecular weight is 559 g/mol. The first-order valence-corrected chi connectivity index (χ1v) is 15.3. The zero-order chi connectivity index (χ0) is 27.7. The lowest BCUT2D eigenvalue weighted by molar-refractivity contribution is 0.129. The Balaban J connectivity index is 1.58. The Hall–Kier alpha value is -2.87. The van der Waals surface area contributed by atoms with Crippen LogP contribution in [0.5, 0.6) is 5.88 Å². The predicted octanol–water partition coefficient (Wildman–Crippen LogP) is 1.74. The van der Waals surface area contributed by atoms with E-state index in [0.29, 0.717) is 50.3 Å². The monoisotopic (exact) mass is 558 g/mol. The van der Waals surface area contributed by atoms with Crippen LogP contribution in [0, 0.1) is 0 Å². The number of aromatic nitrogens is 5. The van der Waals surface area contributed by atoms with Crippen molar-refractivity contribution < 1.29 is 13.2 Å². The molecule has 13 heteroatoms. The summed E-state index contributed by atoms with van der Waals surface area (Å²) < 4.78 is 36.5. The van der Waals surface area contributed by atoms with E-state index in [2.05, 4.69) is 38.7 Å². The first-order chi connectivity index (χ1) is 18.8. The standard InChI is InChI=1S/C26H38N8O4S/c1-5-8-13-38-26-20(14-19(15-27-26)39(36,37)33-11-9-32(7-3)10-12-33)24-28-22-21(6-2)34(18-16-31(4)17-18)30-23(22)25(35)29-24/h14-15,18H,5-13,16-17H2,1-4H3,(H,28,29,35). The summed E-state index contributed by atoms with van der Waals surface area (Å²) in [5.41, 5.74) is 1.66. The van der Waals surface area contributed by atoms with E-state index < -0.39 is 10.0 Å². The van der Waals surface area contributed by atoms with E-state index in [1.54, 1.807) is 0 Å². The molecular weight excluding hydrogens is 520 g/mol. The lowest BCUT2D eigenvalue weighted by Gasteiger charge is -2.36. The van der Waals surface area contributed by atoms with Gasteiger partial charge in [0.15, 0.2) is 5.52 Å². The minimum atomic E-state index is -3.79. The van der Waals surface area contributed by atoms with E-state index in [9.17, 15) is 13.2 Å². The molecule has 2 aliphatic rings. The molecule has 0 radical (unpaired) electrons. The molecule has 0 bridgehead atoms. The van der Waals surface area contributed by atoms with E-state index in [-0.39, 0.29) is 33.7 Å². The van der Waals surface area contributed by atoms with E-state index in [4.69, 9.17) is 9.72 Å². The van der Waals surface area contributed by atoms with Crippen LogP contribution in [-0.2, 0) is 16.4 Å². The highest BCUT2D eigenvalue weighted by Gasteiger charge is 2.31. The number of piperazine rings is 1. The second-order valence-electron chi connectivity index (χ2n) is 10.3. The van der Waals surface area contributed by atoms with Crippen LogP contribution in [-0.4, -0.2) is 107 Å². The van der Waals surface area contributed by atoms with Gasteiger partial charge in [-0.1, -0.05) is 27.2 Å². The number of likely N-dealkylation sites (N-methyl/N-ethyl adjacent to an activating group) is 2. The van der Waals surface area contributed by atoms with Crippen LogP contribution in [0.1, 0.15) is 45.3 Å². The summed E-state index contributed by atoms with van der Waals surface area (Å²) in [4.78, 5) is 29.8. The van der Waals surface area contributed by atoms with Crippen LogP contribution in [0.2, 0.25) is 0 Å². The zero-order valence-electron chi connectivity index (χ0n) is 23.2. The first-order valence-electron chi connectivity index (χ1n) is 13.8. The smallest absolute Gasteiger partial charge is 0.279 e. The summed E-state index contributed by atoms with van der Waals surface area (Å²) in [6.45, 7) is 11.4. The molecular formula is C26H38N8O4S. The molecule has 0 atom stereocenters. The van der Waals surface area contributed by atoms with Crippen molar-refractivity contribution >= 4 is 21.1 Å². The number of aromatic amines is 1. The molecule has 1 N–H and O–H groups in total. The highest BCUT2D eigenvalue weighted by atomic mass is 32.2. The number of hydrogen-bond acceptors (Lipinski definition) is 9. The van der Waals surface area contributed by atoms with E-state index in [0.717, 1.165) is 38.2 Å². The molecule has 0 amide bonds.